The highest BCUT2D eigenvalue weighted by Gasteiger charge is 2.46. The van der Waals surface area contributed by atoms with Crippen molar-refractivity contribution in [3.05, 3.63) is 0 Å². The molecule has 0 N–H and O–H groups in total. The minimum atomic E-state index is -0.333. The molecule has 0 aromatic heterocycles. The van der Waals surface area contributed by atoms with Gasteiger partial charge in [-0.2, -0.15) is 0 Å². The molecular formula is C25H48N2O4S. The third-order valence-electron chi connectivity index (χ3n) is 7.00. The van der Waals surface area contributed by atoms with E-state index in [0.717, 1.165) is 25.7 Å². The smallest absolute Gasteiger partial charge is 0.306 e. The Balaban J connectivity index is 0.00000249. The van der Waals surface area contributed by atoms with E-state index in [-0.39, 0.29) is 59.1 Å². The summed E-state index contributed by atoms with van der Waals surface area (Å²) < 4.78 is 13.5. The molecule has 0 amide bonds. The lowest BCUT2D eigenvalue weighted by molar-refractivity contribution is -0.164. The third kappa shape index (κ3) is 7.36. The van der Waals surface area contributed by atoms with Gasteiger partial charge in [-0.15, -0.1) is 0 Å². The molecule has 0 aliphatic carbocycles. The van der Waals surface area contributed by atoms with Gasteiger partial charge < -0.3 is 9.47 Å². The van der Waals surface area contributed by atoms with E-state index in [1.54, 1.807) is 0 Å². The fraction of sp³-hybridized carbons (Fsp3) is 0.920. The lowest BCUT2D eigenvalue weighted by Gasteiger charge is -2.53. The second kappa shape index (κ2) is 10.6. The van der Waals surface area contributed by atoms with E-state index in [4.69, 9.17) is 9.47 Å². The SMILES string of the molecule is CC.CN1C(C)(C)CC(OC(=O)CCC(=O)OC2CC(C)(C)N(S)C(C)(C)C2)CC1(C)C. The molecule has 0 saturated carbocycles. The van der Waals surface area contributed by atoms with Crippen molar-refractivity contribution in [1.29, 1.82) is 0 Å². The van der Waals surface area contributed by atoms with E-state index < -0.39 is 0 Å². The standard InChI is InChI=1S/C23H42N2O4S.C2H6/c1-20(2)12-16(13-21(3,4)24(20)9)28-18(26)10-11-19(27)29-17-14-22(5,6)25(30)23(7,8)15-17;1-2/h16-17,30H,10-15H2,1-9H3;1-2H3. The van der Waals surface area contributed by atoms with Crippen LogP contribution in [-0.4, -0.2) is 62.6 Å². The van der Waals surface area contributed by atoms with Crippen molar-refractivity contribution in [3.8, 4) is 0 Å². The number of esters is 2. The highest BCUT2D eigenvalue weighted by molar-refractivity contribution is 7.77. The van der Waals surface area contributed by atoms with Gasteiger partial charge >= 0.3 is 11.9 Å². The molecule has 0 atom stereocenters. The maximum atomic E-state index is 12.4. The molecule has 2 saturated heterocycles. The molecule has 0 radical (unpaired) electrons. The van der Waals surface area contributed by atoms with Gasteiger partial charge in [-0.25, -0.2) is 4.31 Å². The minimum Gasteiger partial charge on any atom is -0.462 e. The van der Waals surface area contributed by atoms with Gasteiger partial charge in [0.2, 0.25) is 0 Å². The summed E-state index contributed by atoms with van der Waals surface area (Å²) in [5.41, 5.74) is -0.453. The summed E-state index contributed by atoms with van der Waals surface area (Å²) in [7, 11) is 2.12. The van der Waals surface area contributed by atoms with Crippen LogP contribution < -0.4 is 0 Å². The molecule has 2 fully saturated rings. The topological polar surface area (TPSA) is 59.1 Å². The predicted octanol–water partition coefficient (Wildman–Crippen LogP) is 5.40. The fourth-order valence-electron chi connectivity index (χ4n) is 5.32. The van der Waals surface area contributed by atoms with Crippen LogP contribution in [0.1, 0.15) is 108 Å². The number of thiol groups is 1. The summed E-state index contributed by atoms with van der Waals surface area (Å²) in [5.74, 6) is -0.654. The normalized spacial score (nSPS) is 25.4. The summed E-state index contributed by atoms with van der Waals surface area (Å²) in [6, 6.07) is 0. The quantitative estimate of drug-likeness (QED) is 0.427. The number of carbonyl (C=O) groups excluding carboxylic acids is 2. The average Bonchev–Trinajstić information content (AvgIpc) is 2.63. The van der Waals surface area contributed by atoms with Crippen LogP contribution in [0.2, 0.25) is 0 Å². The highest BCUT2D eigenvalue weighted by Crippen LogP contribution is 2.41. The number of ether oxygens (including phenoxy) is 2. The molecular weight excluding hydrogens is 424 g/mol. The van der Waals surface area contributed by atoms with Gasteiger partial charge in [0.15, 0.2) is 0 Å². The van der Waals surface area contributed by atoms with Gasteiger partial charge in [-0.3, -0.25) is 14.5 Å². The second-order valence-electron chi connectivity index (χ2n) is 11.7. The van der Waals surface area contributed by atoms with E-state index in [1.165, 1.54) is 0 Å². The molecule has 0 bridgehead atoms. The van der Waals surface area contributed by atoms with Gasteiger partial charge in [0.05, 0.1) is 12.8 Å². The predicted molar refractivity (Wildman–Crippen MR) is 134 cm³/mol. The van der Waals surface area contributed by atoms with Gasteiger partial charge in [-0.1, -0.05) is 26.7 Å². The van der Waals surface area contributed by atoms with E-state index in [0.29, 0.717) is 0 Å². The van der Waals surface area contributed by atoms with E-state index in [1.807, 2.05) is 18.2 Å². The lowest BCUT2D eigenvalue weighted by Crippen LogP contribution is -2.60. The van der Waals surface area contributed by atoms with Crippen molar-refractivity contribution in [2.45, 2.75) is 142 Å². The zero-order valence-corrected chi connectivity index (χ0v) is 23.3. The molecule has 0 unspecified atom stereocenters. The highest BCUT2D eigenvalue weighted by atomic mass is 32.1. The third-order valence-corrected chi connectivity index (χ3v) is 8.08. The molecule has 7 heteroatoms. The fourth-order valence-corrected chi connectivity index (χ4v) is 5.48. The molecule has 0 spiro atoms. The van der Waals surface area contributed by atoms with Crippen LogP contribution in [0.3, 0.4) is 0 Å². The Morgan fingerprint density at radius 2 is 1.00 bits per heavy atom. The Morgan fingerprint density at radius 1 is 0.719 bits per heavy atom. The van der Waals surface area contributed by atoms with Gasteiger partial charge in [-0.05, 0) is 62.4 Å². The van der Waals surface area contributed by atoms with Crippen LogP contribution in [0.4, 0.5) is 0 Å². The summed E-state index contributed by atoms with van der Waals surface area (Å²) in [6.07, 6.45) is 2.83. The molecule has 188 valence electrons. The van der Waals surface area contributed by atoms with Crippen LogP contribution in [0.5, 0.6) is 0 Å². The Kier molecular flexibility index (Phi) is 9.73. The van der Waals surface area contributed by atoms with Gasteiger partial charge in [0, 0.05) is 47.8 Å². The molecule has 32 heavy (non-hydrogen) atoms. The van der Waals surface area contributed by atoms with Gasteiger partial charge in [0.25, 0.3) is 0 Å². The molecule has 2 rings (SSSR count). The molecule has 2 aliphatic rings. The van der Waals surface area contributed by atoms with Crippen molar-refractivity contribution < 1.29 is 19.1 Å². The van der Waals surface area contributed by atoms with Crippen molar-refractivity contribution in [1.82, 2.24) is 9.21 Å². The number of likely N-dealkylation sites (tertiary alicyclic amines) is 1. The second-order valence-corrected chi connectivity index (χ2v) is 12.1. The first-order valence-corrected chi connectivity index (χ1v) is 12.5. The number of carbonyl (C=O) groups is 2. The Hall–Kier alpha value is -0.790. The maximum Gasteiger partial charge on any atom is 0.306 e. The molecule has 2 heterocycles. The van der Waals surface area contributed by atoms with E-state index >= 15 is 0 Å². The summed E-state index contributed by atoms with van der Waals surface area (Å²) in [4.78, 5) is 27.1. The Morgan fingerprint density at radius 3 is 1.31 bits per heavy atom. The zero-order valence-electron chi connectivity index (χ0n) is 22.4. The summed E-state index contributed by atoms with van der Waals surface area (Å²) in [6.45, 7) is 21.1. The number of hydrogen-bond acceptors (Lipinski definition) is 7. The first kappa shape index (κ1) is 29.2. The Bertz CT molecular complexity index is 568. The van der Waals surface area contributed by atoms with Crippen molar-refractivity contribution in [2.75, 3.05) is 7.05 Å². The van der Waals surface area contributed by atoms with Crippen molar-refractivity contribution >= 4 is 24.8 Å². The average molecular weight is 473 g/mol. The summed E-state index contributed by atoms with van der Waals surface area (Å²) in [5, 5.41) is 0. The number of hydrogen-bond donors (Lipinski definition) is 1. The van der Waals surface area contributed by atoms with Crippen LogP contribution in [-0.2, 0) is 19.1 Å². The monoisotopic (exact) mass is 472 g/mol. The van der Waals surface area contributed by atoms with Crippen LogP contribution in [0.15, 0.2) is 0 Å². The lowest BCUT2D eigenvalue weighted by atomic mass is 9.79. The largest absolute Gasteiger partial charge is 0.462 e. The maximum absolute atomic E-state index is 12.4. The molecule has 6 nitrogen and oxygen atoms in total. The van der Waals surface area contributed by atoms with Crippen molar-refractivity contribution in [2.24, 2.45) is 0 Å². The number of piperidine rings is 2. The van der Waals surface area contributed by atoms with Crippen LogP contribution >= 0.6 is 12.8 Å². The molecule has 0 aromatic carbocycles. The number of nitrogens with zero attached hydrogens (tertiary/aromatic N) is 2. The first-order valence-electron chi connectivity index (χ1n) is 12.1. The number of rotatable bonds is 5. The zero-order chi connectivity index (χ0) is 25.1. The van der Waals surface area contributed by atoms with Crippen LogP contribution in [0, 0.1) is 0 Å². The Labute approximate surface area is 202 Å². The van der Waals surface area contributed by atoms with Crippen LogP contribution in [0.25, 0.3) is 0 Å². The molecule has 2 aliphatic heterocycles. The van der Waals surface area contributed by atoms with E-state index in [2.05, 4.69) is 80.2 Å². The summed E-state index contributed by atoms with van der Waals surface area (Å²) >= 11 is 4.64. The van der Waals surface area contributed by atoms with Gasteiger partial charge in [0.1, 0.15) is 12.2 Å². The molecule has 0 aromatic rings. The van der Waals surface area contributed by atoms with Crippen molar-refractivity contribution in [3.63, 3.8) is 0 Å². The van der Waals surface area contributed by atoms with E-state index in [9.17, 15) is 9.59 Å². The minimum absolute atomic E-state index is 0.0485. The first-order chi connectivity index (χ1) is 14.5.